The molecule has 0 radical (unpaired) electrons. The van der Waals surface area contributed by atoms with Gasteiger partial charge in [-0.15, -0.1) is 0 Å². The van der Waals surface area contributed by atoms with E-state index in [9.17, 15) is 0 Å². The Bertz CT molecular complexity index is 610. The van der Waals surface area contributed by atoms with E-state index in [1.807, 2.05) is 31.4 Å². The maximum atomic E-state index is 5.77. The van der Waals surface area contributed by atoms with Gasteiger partial charge in [0.2, 0.25) is 0 Å². The highest BCUT2D eigenvalue weighted by Gasteiger charge is 2.20. The lowest BCUT2D eigenvalue weighted by molar-refractivity contribution is 0.354. The molecule has 0 aliphatic heterocycles. The minimum atomic E-state index is -0.145. The molecule has 21 heavy (non-hydrogen) atoms. The largest absolute Gasteiger partial charge is 0.493 e. The second kappa shape index (κ2) is 6.60. The number of methoxy groups -OCH3 is 2. The molecular formula is C15H22N4O2. The van der Waals surface area contributed by atoms with E-state index in [-0.39, 0.29) is 6.04 Å². The molecule has 1 heterocycles. The highest BCUT2D eigenvalue weighted by atomic mass is 16.5. The first-order valence-electron chi connectivity index (χ1n) is 6.85. The Morgan fingerprint density at radius 1 is 1.29 bits per heavy atom. The summed E-state index contributed by atoms with van der Waals surface area (Å²) in [5.41, 5.74) is 5.95. The third-order valence-corrected chi connectivity index (χ3v) is 3.49. The van der Waals surface area contributed by atoms with Crippen molar-refractivity contribution in [3.63, 3.8) is 0 Å². The fourth-order valence-electron chi connectivity index (χ4n) is 2.47. The Balaban J connectivity index is 2.45. The fraction of sp³-hybridized carbons (Fsp3) is 0.400. The van der Waals surface area contributed by atoms with Crippen LogP contribution in [0, 0.1) is 0 Å². The molecule has 0 amide bonds. The van der Waals surface area contributed by atoms with Gasteiger partial charge in [-0.2, -0.15) is 5.10 Å². The summed E-state index contributed by atoms with van der Waals surface area (Å²) in [5, 5.41) is 4.46. The summed E-state index contributed by atoms with van der Waals surface area (Å²) in [6.45, 7) is 2.08. The van der Waals surface area contributed by atoms with Gasteiger partial charge in [-0.25, -0.2) is 5.43 Å². The topological polar surface area (TPSA) is 74.3 Å². The predicted molar refractivity (Wildman–Crippen MR) is 81.3 cm³/mol. The van der Waals surface area contributed by atoms with Crippen LogP contribution in [0.15, 0.2) is 24.4 Å². The van der Waals surface area contributed by atoms with Crippen molar-refractivity contribution in [1.29, 1.82) is 0 Å². The van der Waals surface area contributed by atoms with Gasteiger partial charge in [-0.05, 0) is 24.1 Å². The summed E-state index contributed by atoms with van der Waals surface area (Å²) in [7, 11) is 5.14. The smallest absolute Gasteiger partial charge is 0.161 e. The summed E-state index contributed by atoms with van der Waals surface area (Å²) < 4.78 is 12.4. The Labute approximate surface area is 124 Å². The van der Waals surface area contributed by atoms with E-state index in [0.29, 0.717) is 11.5 Å². The number of ether oxygens (including phenoxy) is 2. The predicted octanol–water partition coefficient (Wildman–Crippen LogP) is 1.55. The first kappa shape index (κ1) is 15.3. The summed E-state index contributed by atoms with van der Waals surface area (Å²) in [4.78, 5) is 0. The van der Waals surface area contributed by atoms with E-state index in [2.05, 4.69) is 17.4 Å². The van der Waals surface area contributed by atoms with Gasteiger partial charge in [-0.3, -0.25) is 10.5 Å². The SMILES string of the molecule is CCc1nn(C)cc1C(NN)c1ccc(OC)c(OC)c1. The van der Waals surface area contributed by atoms with Crippen LogP contribution >= 0.6 is 0 Å². The van der Waals surface area contributed by atoms with Crippen LogP contribution in [0.25, 0.3) is 0 Å². The van der Waals surface area contributed by atoms with E-state index >= 15 is 0 Å². The lowest BCUT2D eigenvalue weighted by atomic mass is 9.98. The third-order valence-electron chi connectivity index (χ3n) is 3.49. The van der Waals surface area contributed by atoms with Gasteiger partial charge >= 0.3 is 0 Å². The molecule has 6 nitrogen and oxygen atoms in total. The number of aryl methyl sites for hydroxylation is 2. The third kappa shape index (κ3) is 3.01. The molecule has 0 bridgehead atoms. The lowest BCUT2D eigenvalue weighted by Crippen LogP contribution is -2.29. The van der Waals surface area contributed by atoms with Gasteiger partial charge in [-0.1, -0.05) is 13.0 Å². The van der Waals surface area contributed by atoms with Crippen molar-refractivity contribution in [2.24, 2.45) is 12.9 Å². The van der Waals surface area contributed by atoms with Crippen molar-refractivity contribution in [1.82, 2.24) is 15.2 Å². The summed E-state index contributed by atoms with van der Waals surface area (Å²) >= 11 is 0. The average molecular weight is 290 g/mol. The molecule has 0 spiro atoms. The van der Waals surface area contributed by atoms with Crippen molar-refractivity contribution in [3.05, 3.63) is 41.2 Å². The highest BCUT2D eigenvalue weighted by Crippen LogP contribution is 2.32. The summed E-state index contributed by atoms with van der Waals surface area (Å²) in [5.74, 6) is 7.14. The van der Waals surface area contributed by atoms with Gasteiger partial charge in [0.15, 0.2) is 11.5 Å². The normalized spacial score (nSPS) is 12.2. The number of rotatable bonds is 6. The molecule has 2 rings (SSSR count). The van der Waals surface area contributed by atoms with Gasteiger partial charge in [0.1, 0.15) is 0 Å². The fourth-order valence-corrected chi connectivity index (χ4v) is 2.47. The Morgan fingerprint density at radius 2 is 2.00 bits per heavy atom. The summed E-state index contributed by atoms with van der Waals surface area (Å²) in [6, 6.07) is 5.63. The monoisotopic (exact) mass is 290 g/mol. The number of aromatic nitrogens is 2. The van der Waals surface area contributed by atoms with Crippen LogP contribution in [0.5, 0.6) is 11.5 Å². The molecule has 2 aromatic rings. The van der Waals surface area contributed by atoms with Crippen molar-refractivity contribution >= 4 is 0 Å². The Kier molecular flexibility index (Phi) is 4.82. The molecule has 3 N–H and O–H groups in total. The number of hydrazine groups is 1. The molecule has 0 saturated heterocycles. The van der Waals surface area contributed by atoms with E-state index < -0.39 is 0 Å². The minimum absolute atomic E-state index is 0.145. The molecule has 6 heteroatoms. The van der Waals surface area contributed by atoms with Crippen molar-refractivity contribution < 1.29 is 9.47 Å². The van der Waals surface area contributed by atoms with Crippen molar-refractivity contribution in [2.45, 2.75) is 19.4 Å². The maximum absolute atomic E-state index is 5.77. The highest BCUT2D eigenvalue weighted by molar-refractivity contribution is 5.46. The zero-order chi connectivity index (χ0) is 15.4. The van der Waals surface area contributed by atoms with Gasteiger partial charge in [0.05, 0.1) is 26.0 Å². The van der Waals surface area contributed by atoms with Crippen LogP contribution in [-0.4, -0.2) is 24.0 Å². The molecule has 114 valence electrons. The van der Waals surface area contributed by atoms with Crippen LogP contribution in [0.1, 0.15) is 29.8 Å². The van der Waals surface area contributed by atoms with E-state index in [1.54, 1.807) is 18.9 Å². The first-order chi connectivity index (χ1) is 10.1. The van der Waals surface area contributed by atoms with Crippen molar-refractivity contribution in [2.75, 3.05) is 14.2 Å². The second-order valence-corrected chi connectivity index (χ2v) is 4.77. The maximum Gasteiger partial charge on any atom is 0.161 e. The number of benzene rings is 1. The molecule has 1 aromatic carbocycles. The number of hydrogen-bond acceptors (Lipinski definition) is 5. The molecule has 0 aliphatic carbocycles. The number of hydrogen-bond donors (Lipinski definition) is 2. The first-order valence-corrected chi connectivity index (χ1v) is 6.85. The van der Waals surface area contributed by atoms with Gasteiger partial charge < -0.3 is 9.47 Å². The molecule has 1 unspecified atom stereocenters. The van der Waals surface area contributed by atoms with Crippen LogP contribution in [0.2, 0.25) is 0 Å². The number of nitrogens with zero attached hydrogens (tertiary/aromatic N) is 2. The van der Waals surface area contributed by atoms with Crippen molar-refractivity contribution in [3.8, 4) is 11.5 Å². The molecule has 0 fully saturated rings. The zero-order valence-electron chi connectivity index (χ0n) is 12.9. The van der Waals surface area contributed by atoms with E-state index in [0.717, 1.165) is 23.2 Å². The second-order valence-electron chi connectivity index (χ2n) is 4.77. The Hall–Kier alpha value is -2.05. The number of nitrogens with two attached hydrogens (primary N) is 1. The zero-order valence-corrected chi connectivity index (χ0v) is 12.9. The minimum Gasteiger partial charge on any atom is -0.493 e. The van der Waals surface area contributed by atoms with Crippen LogP contribution < -0.4 is 20.7 Å². The molecular weight excluding hydrogens is 268 g/mol. The van der Waals surface area contributed by atoms with Crippen LogP contribution in [0.3, 0.4) is 0 Å². The van der Waals surface area contributed by atoms with E-state index in [1.165, 1.54) is 0 Å². The molecule has 0 aliphatic rings. The lowest BCUT2D eigenvalue weighted by Gasteiger charge is -2.18. The molecule has 0 saturated carbocycles. The average Bonchev–Trinajstić information content (AvgIpc) is 2.88. The quantitative estimate of drug-likeness (QED) is 0.624. The van der Waals surface area contributed by atoms with E-state index in [4.69, 9.17) is 15.3 Å². The molecule has 1 aromatic heterocycles. The van der Waals surface area contributed by atoms with Gasteiger partial charge in [0, 0.05) is 18.8 Å². The number of nitrogens with one attached hydrogen (secondary N) is 1. The van der Waals surface area contributed by atoms with Crippen LogP contribution in [-0.2, 0) is 13.5 Å². The Morgan fingerprint density at radius 3 is 2.57 bits per heavy atom. The standard InChI is InChI=1S/C15H22N4O2/c1-5-12-11(9-19(2)18-12)15(17-16)10-6-7-13(20-3)14(8-10)21-4/h6-9,15,17H,5,16H2,1-4H3. The van der Waals surface area contributed by atoms with Crippen LogP contribution in [0.4, 0.5) is 0 Å². The van der Waals surface area contributed by atoms with Gasteiger partial charge in [0.25, 0.3) is 0 Å². The molecule has 1 atom stereocenters. The summed E-state index contributed by atoms with van der Waals surface area (Å²) in [6.07, 6.45) is 2.84.